The molecular weight excluding hydrogens is 357 g/mol. The molecule has 0 aromatic heterocycles. The highest BCUT2D eigenvalue weighted by atomic mass is 32.1. The molecule has 0 spiro atoms. The summed E-state index contributed by atoms with van der Waals surface area (Å²) in [5.41, 5.74) is 0.834. The van der Waals surface area contributed by atoms with Gasteiger partial charge in [-0.1, -0.05) is 18.2 Å². The molecule has 2 rings (SSSR count). The second kappa shape index (κ2) is 9.59. The molecule has 136 valence electrons. The number of methoxy groups -OCH3 is 1. The maximum absolute atomic E-state index is 13.6. The van der Waals surface area contributed by atoms with E-state index >= 15 is 0 Å². The number of hydrogen-bond donors (Lipinski definition) is 3. The number of hydrogen-bond acceptors (Lipinski definition) is 4. The van der Waals surface area contributed by atoms with Crippen LogP contribution in [-0.4, -0.2) is 37.2 Å². The molecule has 0 bridgehead atoms. The largest absolute Gasteiger partial charge is 0.383 e. The first-order valence-electron chi connectivity index (χ1n) is 7.75. The van der Waals surface area contributed by atoms with E-state index in [1.807, 2.05) is 0 Å². The molecule has 0 radical (unpaired) electrons. The molecule has 0 atom stereocenters. The van der Waals surface area contributed by atoms with Crippen molar-refractivity contribution >= 4 is 34.8 Å². The second-order valence-corrected chi connectivity index (χ2v) is 5.63. The highest BCUT2D eigenvalue weighted by molar-refractivity contribution is 7.80. The summed E-state index contributed by atoms with van der Waals surface area (Å²) in [6.07, 6.45) is 0. The molecule has 0 fully saturated rings. The normalized spacial score (nSPS) is 10.1. The van der Waals surface area contributed by atoms with E-state index < -0.39 is 11.7 Å². The van der Waals surface area contributed by atoms with Gasteiger partial charge in [0, 0.05) is 24.9 Å². The lowest BCUT2D eigenvalue weighted by Gasteiger charge is -2.11. The molecule has 2 aromatic rings. The Balaban J connectivity index is 1.96. The van der Waals surface area contributed by atoms with E-state index in [0.717, 1.165) is 0 Å². The van der Waals surface area contributed by atoms with Crippen LogP contribution in [0.4, 0.5) is 10.1 Å². The molecule has 0 saturated carbocycles. The van der Waals surface area contributed by atoms with Crippen molar-refractivity contribution in [3.8, 4) is 0 Å². The number of amides is 2. The number of nitrogens with one attached hydrogen (secondary N) is 3. The lowest BCUT2D eigenvalue weighted by molar-refractivity contribution is 0.0935. The van der Waals surface area contributed by atoms with Crippen molar-refractivity contribution in [1.29, 1.82) is 0 Å². The Morgan fingerprint density at radius 1 is 1.12 bits per heavy atom. The number of carbonyl (C=O) groups is 2. The minimum absolute atomic E-state index is 0.00445. The Morgan fingerprint density at radius 2 is 1.88 bits per heavy atom. The van der Waals surface area contributed by atoms with Crippen molar-refractivity contribution in [1.82, 2.24) is 10.6 Å². The molecule has 0 aliphatic heterocycles. The molecule has 0 aliphatic rings. The molecule has 8 heteroatoms. The van der Waals surface area contributed by atoms with Crippen LogP contribution in [0.25, 0.3) is 0 Å². The first kappa shape index (κ1) is 19.5. The zero-order valence-corrected chi connectivity index (χ0v) is 14.9. The first-order chi connectivity index (χ1) is 12.5. The molecule has 3 N–H and O–H groups in total. The minimum Gasteiger partial charge on any atom is -0.383 e. The summed E-state index contributed by atoms with van der Waals surface area (Å²) in [6.45, 7) is 0.805. The number of rotatable bonds is 6. The lowest BCUT2D eigenvalue weighted by atomic mass is 10.2. The number of anilines is 1. The maximum atomic E-state index is 13.6. The van der Waals surface area contributed by atoms with Crippen molar-refractivity contribution in [2.24, 2.45) is 0 Å². The molecule has 2 aromatic carbocycles. The van der Waals surface area contributed by atoms with Crippen LogP contribution in [0.15, 0.2) is 48.5 Å². The smallest absolute Gasteiger partial charge is 0.260 e. The Labute approximate surface area is 155 Å². The molecule has 0 unspecified atom stereocenters. The molecule has 6 nitrogen and oxygen atoms in total. The van der Waals surface area contributed by atoms with Crippen LogP contribution in [0, 0.1) is 5.82 Å². The lowest BCUT2D eigenvalue weighted by Crippen LogP contribution is -2.34. The quantitative estimate of drug-likeness (QED) is 0.533. The van der Waals surface area contributed by atoms with Crippen LogP contribution < -0.4 is 16.0 Å². The van der Waals surface area contributed by atoms with Gasteiger partial charge in [-0.15, -0.1) is 0 Å². The third kappa shape index (κ3) is 5.61. The third-order valence-corrected chi connectivity index (χ3v) is 3.52. The zero-order valence-electron chi connectivity index (χ0n) is 14.0. The Hall–Kier alpha value is -2.84. The van der Waals surface area contributed by atoms with Gasteiger partial charge < -0.3 is 15.4 Å². The van der Waals surface area contributed by atoms with E-state index in [-0.39, 0.29) is 16.6 Å². The number of ether oxygens (including phenoxy) is 1. The van der Waals surface area contributed by atoms with Crippen molar-refractivity contribution in [3.05, 3.63) is 65.5 Å². The predicted octanol–water partition coefficient (Wildman–Crippen LogP) is 2.33. The molecule has 0 heterocycles. The maximum Gasteiger partial charge on any atom is 0.260 e. The Bertz CT molecular complexity index is 814. The highest BCUT2D eigenvalue weighted by Gasteiger charge is 2.12. The molecule has 0 aliphatic carbocycles. The van der Waals surface area contributed by atoms with E-state index in [9.17, 15) is 14.0 Å². The van der Waals surface area contributed by atoms with Crippen LogP contribution in [0.1, 0.15) is 20.7 Å². The van der Waals surface area contributed by atoms with E-state index in [2.05, 4.69) is 16.0 Å². The van der Waals surface area contributed by atoms with Gasteiger partial charge in [0.05, 0.1) is 12.2 Å². The van der Waals surface area contributed by atoms with Gasteiger partial charge in [0.25, 0.3) is 11.8 Å². The second-order valence-electron chi connectivity index (χ2n) is 5.22. The van der Waals surface area contributed by atoms with Crippen molar-refractivity contribution in [2.75, 3.05) is 25.6 Å². The molecular formula is C18H18FN3O3S. The van der Waals surface area contributed by atoms with Crippen LogP contribution in [-0.2, 0) is 4.74 Å². The monoisotopic (exact) mass is 375 g/mol. The predicted molar refractivity (Wildman–Crippen MR) is 101 cm³/mol. The van der Waals surface area contributed by atoms with E-state index in [1.54, 1.807) is 37.4 Å². The minimum atomic E-state index is -0.658. The van der Waals surface area contributed by atoms with Crippen molar-refractivity contribution < 1.29 is 18.7 Å². The van der Waals surface area contributed by atoms with Gasteiger partial charge in [0.15, 0.2) is 5.11 Å². The van der Waals surface area contributed by atoms with Gasteiger partial charge >= 0.3 is 0 Å². The van der Waals surface area contributed by atoms with Gasteiger partial charge in [0.1, 0.15) is 5.82 Å². The third-order valence-electron chi connectivity index (χ3n) is 3.32. The molecule has 26 heavy (non-hydrogen) atoms. The van der Waals surface area contributed by atoms with Crippen LogP contribution in [0.5, 0.6) is 0 Å². The Morgan fingerprint density at radius 3 is 2.62 bits per heavy atom. The Kier molecular flexibility index (Phi) is 7.19. The van der Waals surface area contributed by atoms with Crippen LogP contribution in [0.3, 0.4) is 0 Å². The zero-order chi connectivity index (χ0) is 18.9. The number of halogens is 1. The summed E-state index contributed by atoms with van der Waals surface area (Å²) < 4.78 is 18.5. The van der Waals surface area contributed by atoms with E-state index in [1.165, 1.54) is 18.2 Å². The fourth-order valence-electron chi connectivity index (χ4n) is 2.09. The fraction of sp³-hybridized carbons (Fsp3) is 0.167. The van der Waals surface area contributed by atoms with Gasteiger partial charge in [-0.25, -0.2) is 4.39 Å². The standard InChI is InChI=1S/C18H18FN3O3S/c1-25-10-9-20-16(23)12-5-4-6-13(11-12)21-18(26)22-17(24)14-7-2-3-8-15(14)19/h2-8,11H,9-10H2,1H3,(H,20,23)(H2,21,22,24,26). The number of carbonyl (C=O) groups excluding carboxylic acids is 2. The summed E-state index contributed by atoms with van der Waals surface area (Å²) in [6, 6.07) is 12.2. The number of thiocarbonyl (C=S) groups is 1. The van der Waals surface area contributed by atoms with Gasteiger partial charge in [-0.2, -0.15) is 0 Å². The number of benzene rings is 2. The van der Waals surface area contributed by atoms with Gasteiger partial charge in [0.2, 0.25) is 0 Å². The van der Waals surface area contributed by atoms with Crippen molar-refractivity contribution in [3.63, 3.8) is 0 Å². The summed E-state index contributed by atoms with van der Waals surface area (Å²) in [5, 5.41) is 7.90. The first-order valence-corrected chi connectivity index (χ1v) is 8.16. The summed E-state index contributed by atoms with van der Waals surface area (Å²) in [5.74, 6) is -1.55. The fourth-order valence-corrected chi connectivity index (χ4v) is 2.30. The SMILES string of the molecule is COCCNC(=O)c1cccc(NC(=S)NC(=O)c2ccccc2F)c1. The highest BCUT2D eigenvalue weighted by Crippen LogP contribution is 2.11. The average molecular weight is 375 g/mol. The van der Waals surface area contributed by atoms with Gasteiger partial charge in [-0.3, -0.25) is 14.9 Å². The van der Waals surface area contributed by atoms with E-state index in [0.29, 0.717) is 24.4 Å². The van der Waals surface area contributed by atoms with Crippen molar-refractivity contribution in [2.45, 2.75) is 0 Å². The molecule has 0 saturated heterocycles. The summed E-state index contributed by atoms with van der Waals surface area (Å²) in [4.78, 5) is 24.1. The topological polar surface area (TPSA) is 79.5 Å². The average Bonchev–Trinajstić information content (AvgIpc) is 2.62. The summed E-state index contributed by atoms with van der Waals surface area (Å²) in [7, 11) is 1.55. The van der Waals surface area contributed by atoms with E-state index in [4.69, 9.17) is 17.0 Å². The summed E-state index contributed by atoms with van der Waals surface area (Å²) >= 11 is 5.07. The van der Waals surface area contributed by atoms with Gasteiger partial charge in [-0.05, 0) is 42.5 Å². The van der Waals surface area contributed by atoms with Crippen LogP contribution in [0.2, 0.25) is 0 Å². The molecule has 2 amide bonds. The van der Waals surface area contributed by atoms with Crippen LogP contribution >= 0.6 is 12.2 Å².